The lowest BCUT2D eigenvalue weighted by molar-refractivity contribution is 0.0712. The molecule has 0 saturated carbocycles. The van der Waals surface area contributed by atoms with Crippen LogP contribution in [0, 0.1) is 22.7 Å². The van der Waals surface area contributed by atoms with Gasteiger partial charge in [0.15, 0.2) is 0 Å². The fraction of sp³-hybridized carbons (Fsp3) is 0.300. The summed E-state index contributed by atoms with van der Waals surface area (Å²) in [6, 6.07) is 19.4. The summed E-state index contributed by atoms with van der Waals surface area (Å²) in [5.74, 6) is 1.81. The molecule has 2 aromatic heterocycles. The molecule has 8 nitrogen and oxygen atoms in total. The number of imidazole rings is 1. The van der Waals surface area contributed by atoms with Gasteiger partial charge in [-0.25, -0.2) is 9.97 Å². The van der Waals surface area contributed by atoms with E-state index in [1.54, 1.807) is 12.1 Å². The number of aromatic amines is 1. The zero-order chi connectivity index (χ0) is 26.1. The highest BCUT2D eigenvalue weighted by Crippen LogP contribution is 2.30. The summed E-state index contributed by atoms with van der Waals surface area (Å²) >= 11 is 0. The first kappa shape index (κ1) is 23.7. The highest BCUT2D eigenvalue weighted by atomic mass is 16.2. The van der Waals surface area contributed by atoms with Crippen LogP contribution in [0.25, 0.3) is 22.4 Å². The molecule has 0 unspecified atom stereocenters. The van der Waals surface area contributed by atoms with Crippen LogP contribution in [0.2, 0.25) is 0 Å². The van der Waals surface area contributed by atoms with Gasteiger partial charge in [-0.15, -0.1) is 0 Å². The number of benzene rings is 2. The topological polar surface area (TPSA) is 113 Å². The van der Waals surface area contributed by atoms with Crippen molar-refractivity contribution in [2.75, 3.05) is 31.1 Å². The largest absolute Gasteiger partial charge is 0.357 e. The summed E-state index contributed by atoms with van der Waals surface area (Å²) in [4.78, 5) is 30.4. The van der Waals surface area contributed by atoms with E-state index in [9.17, 15) is 10.1 Å². The maximum absolute atomic E-state index is 13.5. The maximum atomic E-state index is 13.5. The van der Waals surface area contributed by atoms with E-state index in [4.69, 9.17) is 10.2 Å². The van der Waals surface area contributed by atoms with Crippen molar-refractivity contribution in [3.63, 3.8) is 0 Å². The summed E-state index contributed by atoms with van der Waals surface area (Å²) in [5.41, 5.74) is 5.05. The average Bonchev–Trinajstić information content (AvgIpc) is 3.67. The molecule has 4 aromatic rings. The number of anilines is 1. The number of rotatable bonds is 4. The van der Waals surface area contributed by atoms with Gasteiger partial charge in [-0.1, -0.05) is 12.1 Å². The first-order valence-electron chi connectivity index (χ1n) is 13.1. The molecule has 2 aliphatic rings. The lowest BCUT2D eigenvalue weighted by atomic mass is 9.88. The van der Waals surface area contributed by atoms with E-state index >= 15 is 0 Å². The predicted octanol–water partition coefficient (Wildman–Crippen LogP) is 4.99. The second kappa shape index (κ2) is 9.99. The third-order valence-corrected chi connectivity index (χ3v) is 7.72. The molecule has 1 N–H and O–H groups in total. The minimum Gasteiger partial charge on any atom is -0.357 e. The third kappa shape index (κ3) is 4.46. The second-order valence-corrected chi connectivity index (χ2v) is 10.0. The van der Waals surface area contributed by atoms with Crippen molar-refractivity contribution in [2.24, 2.45) is 0 Å². The van der Waals surface area contributed by atoms with Crippen molar-refractivity contribution in [3.05, 3.63) is 77.0 Å². The first-order chi connectivity index (χ1) is 18.6. The number of nitrogens with zero attached hydrogens (tertiary/aromatic N) is 6. The van der Waals surface area contributed by atoms with Gasteiger partial charge < -0.3 is 14.8 Å². The van der Waals surface area contributed by atoms with Crippen LogP contribution in [0.5, 0.6) is 0 Å². The summed E-state index contributed by atoms with van der Waals surface area (Å²) in [7, 11) is 0. The standard InChI is InChI=1S/C30H27N7O/c31-17-20-3-5-21(6-4-20)22-9-13-37(14-10-22)30(38)25-15-23(7-8-24(25)18-32)29-34-26-16-28(33-19-27(26)35-29)36-11-1-2-12-36/h3-8,15-16,19,22H,1-2,9-14H2,(H,34,35). The monoisotopic (exact) mass is 501 g/mol. The van der Waals surface area contributed by atoms with Crippen molar-refractivity contribution < 1.29 is 4.79 Å². The molecular formula is C30H27N7O. The Balaban J connectivity index is 1.22. The van der Waals surface area contributed by atoms with Gasteiger partial charge in [-0.05, 0) is 67.5 Å². The second-order valence-electron chi connectivity index (χ2n) is 10.0. The molecule has 8 heteroatoms. The Kier molecular flexibility index (Phi) is 6.23. The number of carbonyl (C=O) groups is 1. The Hall–Kier alpha value is -4.69. The number of nitrogens with one attached hydrogen (secondary N) is 1. The molecule has 0 bridgehead atoms. The van der Waals surface area contributed by atoms with Crippen molar-refractivity contribution in [2.45, 2.75) is 31.6 Å². The molecule has 2 saturated heterocycles. The van der Waals surface area contributed by atoms with Crippen LogP contribution < -0.4 is 4.90 Å². The van der Waals surface area contributed by atoms with Crippen LogP contribution in [-0.2, 0) is 0 Å². The number of amides is 1. The number of nitriles is 2. The Morgan fingerprint density at radius 1 is 0.947 bits per heavy atom. The zero-order valence-corrected chi connectivity index (χ0v) is 21.0. The number of piperidine rings is 1. The number of carbonyl (C=O) groups excluding carboxylic acids is 1. The zero-order valence-electron chi connectivity index (χ0n) is 21.0. The van der Waals surface area contributed by atoms with Crippen LogP contribution in [0.3, 0.4) is 0 Å². The molecule has 0 atom stereocenters. The molecule has 2 aromatic carbocycles. The first-order valence-corrected chi connectivity index (χ1v) is 13.1. The Morgan fingerprint density at radius 2 is 1.71 bits per heavy atom. The highest BCUT2D eigenvalue weighted by molar-refractivity contribution is 5.98. The lowest BCUT2D eigenvalue weighted by Gasteiger charge is -2.32. The molecule has 0 radical (unpaired) electrons. The molecule has 0 aliphatic carbocycles. The quantitative estimate of drug-likeness (QED) is 0.422. The van der Waals surface area contributed by atoms with E-state index in [0.717, 1.165) is 48.3 Å². The number of likely N-dealkylation sites (tertiary alicyclic amines) is 1. The van der Waals surface area contributed by atoms with Crippen molar-refractivity contribution in [3.8, 4) is 23.5 Å². The van der Waals surface area contributed by atoms with Crippen LogP contribution in [0.1, 0.15) is 58.6 Å². The van der Waals surface area contributed by atoms with Gasteiger partial charge in [0.2, 0.25) is 0 Å². The van der Waals surface area contributed by atoms with Crippen molar-refractivity contribution in [1.29, 1.82) is 10.5 Å². The summed E-state index contributed by atoms with van der Waals surface area (Å²) in [6.45, 7) is 3.27. The molecule has 1 amide bonds. The predicted molar refractivity (Wildman–Crippen MR) is 145 cm³/mol. The van der Waals surface area contributed by atoms with Crippen molar-refractivity contribution >= 4 is 22.8 Å². The van der Waals surface area contributed by atoms with E-state index in [1.165, 1.54) is 18.4 Å². The van der Waals surface area contributed by atoms with Gasteiger partial charge in [-0.2, -0.15) is 10.5 Å². The Bertz CT molecular complexity index is 1580. The molecule has 188 valence electrons. The summed E-state index contributed by atoms with van der Waals surface area (Å²) in [5, 5.41) is 18.8. The van der Waals surface area contributed by atoms with E-state index in [1.807, 2.05) is 47.5 Å². The average molecular weight is 502 g/mol. The fourth-order valence-corrected chi connectivity index (χ4v) is 5.54. The number of hydrogen-bond acceptors (Lipinski definition) is 6. The van der Waals surface area contributed by atoms with Gasteiger partial charge in [0.05, 0.1) is 46.1 Å². The minimum absolute atomic E-state index is 0.129. The molecule has 38 heavy (non-hydrogen) atoms. The third-order valence-electron chi connectivity index (χ3n) is 7.72. The van der Waals surface area contributed by atoms with Crippen molar-refractivity contribution in [1.82, 2.24) is 19.9 Å². The number of hydrogen-bond donors (Lipinski definition) is 1. The molecule has 2 fully saturated rings. The van der Waals surface area contributed by atoms with Crippen LogP contribution >= 0.6 is 0 Å². The van der Waals surface area contributed by atoms with Crippen LogP contribution in [0.4, 0.5) is 5.82 Å². The molecule has 0 spiro atoms. The minimum atomic E-state index is -0.129. The lowest BCUT2D eigenvalue weighted by Crippen LogP contribution is -2.38. The molecular weight excluding hydrogens is 474 g/mol. The Morgan fingerprint density at radius 3 is 2.42 bits per heavy atom. The molecule has 2 aliphatic heterocycles. The summed E-state index contributed by atoms with van der Waals surface area (Å²) < 4.78 is 0. The van der Waals surface area contributed by atoms with Gasteiger partial charge in [0, 0.05) is 37.8 Å². The van der Waals surface area contributed by atoms with Gasteiger partial charge in [0.25, 0.3) is 5.91 Å². The highest BCUT2D eigenvalue weighted by Gasteiger charge is 2.26. The number of aromatic nitrogens is 3. The molecule has 6 rings (SSSR count). The van der Waals surface area contributed by atoms with E-state index in [0.29, 0.717) is 41.5 Å². The van der Waals surface area contributed by atoms with Crippen LogP contribution in [0.15, 0.2) is 54.7 Å². The van der Waals surface area contributed by atoms with Gasteiger partial charge in [0.1, 0.15) is 11.6 Å². The smallest absolute Gasteiger partial charge is 0.255 e. The number of pyridine rings is 1. The van der Waals surface area contributed by atoms with Gasteiger partial charge >= 0.3 is 0 Å². The maximum Gasteiger partial charge on any atom is 0.255 e. The molecule has 4 heterocycles. The number of H-pyrrole nitrogens is 1. The Labute approximate surface area is 221 Å². The normalized spacial score (nSPS) is 15.9. The number of fused-ring (bicyclic) bond motifs is 1. The van der Waals surface area contributed by atoms with E-state index < -0.39 is 0 Å². The summed E-state index contributed by atoms with van der Waals surface area (Å²) in [6.07, 6.45) is 5.86. The van der Waals surface area contributed by atoms with E-state index in [2.05, 4.69) is 27.0 Å². The van der Waals surface area contributed by atoms with Gasteiger partial charge in [-0.3, -0.25) is 4.79 Å². The van der Waals surface area contributed by atoms with E-state index in [-0.39, 0.29) is 5.91 Å². The fourth-order valence-electron chi connectivity index (χ4n) is 5.54. The SMILES string of the molecule is N#Cc1ccc(C2CCN(C(=O)c3cc(-c4nc5cc(N6CCCC6)ncc5[nH]4)ccc3C#N)CC2)cc1. The van der Waals surface area contributed by atoms with Crippen LogP contribution in [-0.4, -0.2) is 51.9 Å².